The highest BCUT2D eigenvalue weighted by molar-refractivity contribution is 5.92. The molecule has 11 heavy (non-hydrogen) atoms. The van der Waals surface area contributed by atoms with Gasteiger partial charge in [0.2, 0.25) is 0 Å². The van der Waals surface area contributed by atoms with E-state index in [2.05, 4.69) is 5.16 Å². The summed E-state index contributed by atoms with van der Waals surface area (Å²) in [5.74, 6) is 0. The summed E-state index contributed by atoms with van der Waals surface area (Å²) in [7, 11) is 0. The van der Waals surface area contributed by atoms with Crippen molar-refractivity contribution in [2.24, 2.45) is 5.16 Å². The Morgan fingerprint density at radius 3 is 2.36 bits per heavy atom. The van der Waals surface area contributed by atoms with E-state index in [0.29, 0.717) is 0 Å². The highest BCUT2D eigenvalue weighted by atomic mass is 19.1. The summed E-state index contributed by atoms with van der Waals surface area (Å²) < 4.78 is 11.9. The summed E-state index contributed by atoms with van der Waals surface area (Å²) in [6.45, 7) is 1.22. The lowest BCUT2D eigenvalue weighted by Gasteiger charge is -2.13. The number of nitro groups is 1. The molecule has 5 nitrogen and oxygen atoms in total. The number of hydrogen-bond acceptors (Lipinski definition) is 4. The van der Waals surface area contributed by atoms with Crippen molar-refractivity contribution in [3.8, 4) is 0 Å². The largest absolute Gasteiger partial charge is 0.411 e. The molecule has 0 bridgehead atoms. The van der Waals surface area contributed by atoms with Crippen molar-refractivity contribution in [3.05, 3.63) is 10.1 Å². The topological polar surface area (TPSA) is 75.7 Å². The van der Waals surface area contributed by atoms with Gasteiger partial charge in [0.25, 0.3) is 5.54 Å². The molecule has 0 aliphatic heterocycles. The minimum Gasteiger partial charge on any atom is -0.411 e. The van der Waals surface area contributed by atoms with Crippen molar-refractivity contribution in [3.63, 3.8) is 0 Å². The third-order valence-corrected chi connectivity index (χ3v) is 1.41. The van der Waals surface area contributed by atoms with Crippen molar-refractivity contribution in [1.29, 1.82) is 0 Å². The lowest BCUT2D eigenvalue weighted by atomic mass is 10.0. The maximum Gasteiger partial charge on any atom is 0.260 e. The second-order valence-electron chi connectivity index (χ2n) is 2.50. The first-order chi connectivity index (χ1) is 4.96. The van der Waals surface area contributed by atoms with E-state index >= 15 is 0 Å². The van der Waals surface area contributed by atoms with Gasteiger partial charge in [-0.1, -0.05) is 5.16 Å². The predicted molar refractivity (Wildman–Crippen MR) is 36.3 cm³/mol. The standard InChI is InChI=1S/C5H9FN2O3/c1-5(2,8(10)11)4(3-6)7-9/h9H,3H2,1-2H3. The Morgan fingerprint density at radius 1 is 1.82 bits per heavy atom. The zero-order valence-electron chi connectivity index (χ0n) is 6.24. The van der Waals surface area contributed by atoms with Crippen LogP contribution in [0.4, 0.5) is 4.39 Å². The van der Waals surface area contributed by atoms with Gasteiger partial charge in [-0.05, 0) is 0 Å². The SMILES string of the molecule is CC(C)(C(CF)=NO)[N+](=O)[O-]. The molecule has 64 valence electrons. The Balaban J connectivity index is 4.66. The molecule has 0 saturated heterocycles. The molecule has 0 rings (SSSR count). The zero-order valence-corrected chi connectivity index (χ0v) is 6.24. The fraction of sp³-hybridized carbons (Fsp3) is 0.800. The Bertz CT molecular complexity index is 190. The van der Waals surface area contributed by atoms with E-state index in [0.717, 1.165) is 0 Å². The van der Waals surface area contributed by atoms with Crippen LogP contribution >= 0.6 is 0 Å². The van der Waals surface area contributed by atoms with Crippen molar-refractivity contribution >= 4 is 5.71 Å². The number of halogens is 1. The molecule has 0 atom stereocenters. The highest BCUT2D eigenvalue weighted by Crippen LogP contribution is 2.10. The van der Waals surface area contributed by atoms with Gasteiger partial charge in [0.05, 0.1) is 0 Å². The normalized spacial score (nSPS) is 13.2. The number of rotatable bonds is 3. The molecule has 0 aliphatic rings. The first-order valence-corrected chi connectivity index (χ1v) is 2.88. The molecule has 0 unspecified atom stereocenters. The van der Waals surface area contributed by atoms with E-state index < -0.39 is 22.8 Å². The van der Waals surface area contributed by atoms with Gasteiger partial charge < -0.3 is 5.21 Å². The average molecular weight is 164 g/mol. The van der Waals surface area contributed by atoms with Gasteiger partial charge in [-0.3, -0.25) is 10.1 Å². The minimum absolute atomic E-state index is 0.484. The maximum absolute atomic E-state index is 11.9. The zero-order chi connectivity index (χ0) is 9.07. The van der Waals surface area contributed by atoms with Gasteiger partial charge in [0, 0.05) is 18.8 Å². The van der Waals surface area contributed by atoms with Crippen molar-refractivity contribution in [2.45, 2.75) is 19.4 Å². The smallest absolute Gasteiger partial charge is 0.260 e. The average Bonchev–Trinajstić information content (AvgIpc) is 1.89. The second-order valence-corrected chi connectivity index (χ2v) is 2.50. The minimum atomic E-state index is -1.64. The molecule has 0 heterocycles. The molecule has 0 aromatic carbocycles. The summed E-state index contributed by atoms with van der Waals surface area (Å²) in [4.78, 5) is 9.52. The van der Waals surface area contributed by atoms with Crippen LogP contribution in [-0.2, 0) is 0 Å². The maximum atomic E-state index is 11.9. The first-order valence-electron chi connectivity index (χ1n) is 2.88. The van der Waals surface area contributed by atoms with Crippen LogP contribution in [0.15, 0.2) is 5.16 Å². The van der Waals surface area contributed by atoms with Crippen LogP contribution in [0.25, 0.3) is 0 Å². The summed E-state index contributed by atoms with van der Waals surface area (Å²) in [5, 5.41) is 20.9. The fourth-order valence-corrected chi connectivity index (χ4v) is 0.418. The number of alkyl halides is 1. The molecule has 0 amide bonds. The quantitative estimate of drug-likeness (QED) is 0.290. The monoisotopic (exact) mass is 164 g/mol. The van der Waals surface area contributed by atoms with Gasteiger partial charge >= 0.3 is 0 Å². The Kier molecular flexibility index (Phi) is 2.91. The molecule has 0 aromatic heterocycles. The molecule has 0 fully saturated rings. The van der Waals surface area contributed by atoms with E-state index in [9.17, 15) is 14.5 Å². The van der Waals surface area contributed by atoms with Gasteiger partial charge in [-0.2, -0.15) is 0 Å². The van der Waals surface area contributed by atoms with Crippen LogP contribution in [0.1, 0.15) is 13.8 Å². The van der Waals surface area contributed by atoms with Gasteiger partial charge in [-0.15, -0.1) is 0 Å². The van der Waals surface area contributed by atoms with Crippen LogP contribution in [0.3, 0.4) is 0 Å². The van der Waals surface area contributed by atoms with Gasteiger partial charge in [-0.25, -0.2) is 4.39 Å². The molecule has 1 N–H and O–H groups in total. The molecular formula is C5H9FN2O3. The lowest BCUT2D eigenvalue weighted by molar-refractivity contribution is -0.538. The van der Waals surface area contributed by atoms with Crippen molar-refractivity contribution in [1.82, 2.24) is 0 Å². The number of nitrogens with zero attached hydrogens (tertiary/aromatic N) is 2. The third-order valence-electron chi connectivity index (χ3n) is 1.41. The predicted octanol–water partition coefficient (Wildman–Crippen LogP) is 0.841. The Labute approximate surface area is 62.7 Å². The van der Waals surface area contributed by atoms with Crippen molar-refractivity contribution < 1.29 is 14.5 Å². The summed E-state index contributed by atoms with van der Waals surface area (Å²) in [6.07, 6.45) is 0. The van der Waals surface area contributed by atoms with E-state index in [1.165, 1.54) is 13.8 Å². The number of oxime groups is 1. The highest BCUT2D eigenvalue weighted by Gasteiger charge is 2.38. The number of hydrogen-bond donors (Lipinski definition) is 1. The molecule has 0 radical (unpaired) electrons. The van der Waals surface area contributed by atoms with Crippen LogP contribution in [0.5, 0.6) is 0 Å². The summed E-state index contributed by atoms with van der Waals surface area (Å²) >= 11 is 0. The summed E-state index contributed by atoms with van der Waals surface area (Å²) in [6, 6.07) is 0. The van der Waals surface area contributed by atoms with E-state index in [-0.39, 0.29) is 0 Å². The van der Waals surface area contributed by atoms with Gasteiger partial charge in [0.15, 0.2) is 5.71 Å². The fourth-order valence-electron chi connectivity index (χ4n) is 0.418. The van der Waals surface area contributed by atoms with E-state index in [1.807, 2.05) is 0 Å². The molecule has 0 spiro atoms. The molecule has 0 aromatic rings. The van der Waals surface area contributed by atoms with Crippen molar-refractivity contribution in [2.75, 3.05) is 6.67 Å². The van der Waals surface area contributed by atoms with Crippen LogP contribution in [0, 0.1) is 10.1 Å². The Morgan fingerprint density at radius 2 is 2.27 bits per heavy atom. The third kappa shape index (κ3) is 1.86. The lowest BCUT2D eigenvalue weighted by Crippen LogP contribution is -2.41. The molecular weight excluding hydrogens is 155 g/mol. The molecule has 0 aliphatic carbocycles. The van der Waals surface area contributed by atoms with E-state index in [4.69, 9.17) is 5.21 Å². The molecule has 6 heteroatoms. The Hall–Kier alpha value is -1.20. The van der Waals surface area contributed by atoms with E-state index in [1.54, 1.807) is 0 Å². The van der Waals surface area contributed by atoms with Crippen LogP contribution in [0.2, 0.25) is 0 Å². The van der Waals surface area contributed by atoms with Crippen LogP contribution in [-0.4, -0.2) is 28.1 Å². The second kappa shape index (κ2) is 3.27. The first kappa shape index (κ1) is 9.80. The molecule has 0 saturated carbocycles. The van der Waals surface area contributed by atoms with Gasteiger partial charge in [0.1, 0.15) is 6.67 Å². The summed E-state index contributed by atoms with van der Waals surface area (Å²) in [5.41, 5.74) is -2.12. The van der Waals surface area contributed by atoms with Crippen LogP contribution < -0.4 is 0 Å².